The van der Waals surface area contributed by atoms with Crippen molar-refractivity contribution in [3.05, 3.63) is 35.4 Å². The van der Waals surface area contributed by atoms with Crippen LogP contribution in [0.2, 0.25) is 0 Å². The van der Waals surface area contributed by atoms with Gasteiger partial charge in [0.25, 0.3) is 0 Å². The van der Waals surface area contributed by atoms with Crippen LogP contribution in [-0.4, -0.2) is 23.2 Å². The fourth-order valence-electron chi connectivity index (χ4n) is 3.07. The van der Waals surface area contributed by atoms with E-state index in [1.54, 1.807) is 13.0 Å². The number of rotatable bonds is 4. The highest BCUT2D eigenvalue weighted by molar-refractivity contribution is 5.84. The Bertz CT molecular complexity index is 545. The summed E-state index contributed by atoms with van der Waals surface area (Å²) in [5.41, 5.74) is -0.399. The van der Waals surface area contributed by atoms with Gasteiger partial charge in [0, 0.05) is 0 Å². The van der Waals surface area contributed by atoms with E-state index in [2.05, 4.69) is 5.32 Å². The summed E-state index contributed by atoms with van der Waals surface area (Å²) in [5.74, 6) is -0.968. The molecule has 1 saturated carbocycles. The number of alkyl halides is 3. The molecule has 0 spiro atoms. The summed E-state index contributed by atoms with van der Waals surface area (Å²) < 4.78 is 38.5. The van der Waals surface area contributed by atoms with E-state index in [1.165, 1.54) is 6.07 Å². The normalized spacial score (nSPS) is 23.3. The van der Waals surface area contributed by atoms with Crippen molar-refractivity contribution in [1.82, 2.24) is 5.32 Å². The zero-order chi connectivity index (χ0) is 17.0. The molecule has 0 aliphatic heterocycles. The number of amides is 1. The van der Waals surface area contributed by atoms with Gasteiger partial charge in [0.2, 0.25) is 5.91 Å². The third kappa shape index (κ3) is 4.47. The van der Waals surface area contributed by atoms with E-state index < -0.39 is 23.8 Å². The van der Waals surface area contributed by atoms with Crippen molar-refractivity contribution in [2.75, 3.05) is 0 Å². The standard InChI is InChI=1S/C17H22F3NO2/c1-2-13(11-6-5-7-12(10-11)17(18,19)20)16(23)21-14-8-3-4-9-15(14)22/h5-7,10,13-15,22H,2-4,8-9H2,1H3,(H,21,23). The molecule has 1 aliphatic carbocycles. The molecule has 1 fully saturated rings. The van der Waals surface area contributed by atoms with Crippen molar-refractivity contribution in [2.45, 2.75) is 63.3 Å². The van der Waals surface area contributed by atoms with Gasteiger partial charge in [-0.3, -0.25) is 4.79 Å². The smallest absolute Gasteiger partial charge is 0.391 e. The number of hydrogen-bond acceptors (Lipinski definition) is 2. The Hall–Kier alpha value is -1.56. The molecular formula is C17H22F3NO2. The van der Waals surface area contributed by atoms with E-state index >= 15 is 0 Å². The van der Waals surface area contributed by atoms with Crippen LogP contribution in [0.4, 0.5) is 13.2 Å². The van der Waals surface area contributed by atoms with Crippen LogP contribution in [-0.2, 0) is 11.0 Å². The molecule has 6 heteroatoms. The van der Waals surface area contributed by atoms with E-state index in [0.717, 1.165) is 25.0 Å². The minimum Gasteiger partial charge on any atom is -0.391 e. The van der Waals surface area contributed by atoms with E-state index in [1.807, 2.05) is 0 Å². The first-order valence-electron chi connectivity index (χ1n) is 7.98. The van der Waals surface area contributed by atoms with Crippen molar-refractivity contribution >= 4 is 5.91 Å². The number of halogens is 3. The minimum absolute atomic E-state index is 0.309. The quantitative estimate of drug-likeness (QED) is 0.886. The molecule has 0 aromatic heterocycles. The molecule has 0 saturated heterocycles. The summed E-state index contributed by atoms with van der Waals surface area (Å²) in [5, 5.41) is 12.7. The molecule has 1 aromatic rings. The van der Waals surface area contributed by atoms with Crippen LogP contribution < -0.4 is 5.32 Å². The summed E-state index contributed by atoms with van der Waals surface area (Å²) >= 11 is 0. The van der Waals surface area contributed by atoms with Crippen LogP contribution >= 0.6 is 0 Å². The van der Waals surface area contributed by atoms with Crippen molar-refractivity contribution in [2.24, 2.45) is 0 Å². The maximum atomic E-state index is 12.8. The lowest BCUT2D eigenvalue weighted by Crippen LogP contribution is -2.46. The fourth-order valence-corrected chi connectivity index (χ4v) is 3.07. The highest BCUT2D eigenvalue weighted by Crippen LogP contribution is 2.32. The molecular weight excluding hydrogens is 307 g/mol. The average Bonchev–Trinajstić information content (AvgIpc) is 2.50. The maximum absolute atomic E-state index is 12.8. The molecule has 1 amide bonds. The van der Waals surface area contributed by atoms with Crippen molar-refractivity contribution < 1.29 is 23.1 Å². The zero-order valence-corrected chi connectivity index (χ0v) is 13.1. The van der Waals surface area contributed by atoms with E-state index in [9.17, 15) is 23.1 Å². The summed E-state index contributed by atoms with van der Waals surface area (Å²) in [4.78, 5) is 12.4. The van der Waals surface area contributed by atoms with E-state index in [-0.39, 0.29) is 11.9 Å². The van der Waals surface area contributed by atoms with Crippen LogP contribution in [0.15, 0.2) is 24.3 Å². The largest absolute Gasteiger partial charge is 0.416 e. The Morgan fingerprint density at radius 3 is 2.65 bits per heavy atom. The number of hydrogen-bond donors (Lipinski definition) is 2. The molecule has 3 unspecified atom stereocenters. The lowest BCUT2D eigenvalue weighted by Gasteiger charge is -2.30. The third-order valence-corrected chi connectivity index (χ3v) is 4.40. The fraction of sp³-hybridized carbons (Fsp3) is 0.588. The first-order valence-corrected chi connectivity index (χ1v) is 7.98. The summed E-state index contributed by atoms with van der Waals surface area (Å²) in [6.45, 7) is 1.77. The van der Waals surface area contributed by atoms with Crippen molar-refractivity contribution in [1.29, 1.82) is 0 Å². The molecule has 3 atom stereocenters. The summed E-state index contributed by atoms with van der Waals surface area (Å²) in [6.07, 6.45) is -1.40. The van der Waals surface area contributed by atoms with Gasteiger partial charge in [-0.25, -0.2) is 0 Å². The molecule has 23 heavy (non-hydrogen) atoms. The van der Waals surface area contributed by atoms with Gasteiger partial charge in [-0.15, -0.1) is 0 Å². The number of aliphatic hydroxyl groups is 1. The van der Waals surface area contributed by atoms with Gasteiger partial charge >= 0.3 is 6.18 Å². The van der Waals surface area contributed by atoms with Gasteiger partial charge in [0.05, 0.1) is 23.6 Å². The van der Waals surface area contributed by atoms with Gasteiger partial charge in [-0.1, -0.05) is 38.0 Å². The molecule has 0 bridgehead atoms. The molecule has 2 rings (SSSR count). The zero-order valence-electron chi connectivity index (χ0n) is 13.1. The topological polar surface area (TPSA) is 49.3 Å². The van der Waals surface area contributed by atoms with E-state index in [4.69, 9.17) is 0 Å². The number of carbonyl (C=O) groups is 1. The highest BCUT2D eigenvalue weighted by Gasteiger charge is 2.32. The Morgan fingerprint density at radius 2 is 2.04 bits per heavy atom. The maximum Gasteiger partial charge on any atom is 0.416 e. The third-order valence-electron chi connectivity index (χ3n) is 4.40. The predicted octanol–water partition coefficient (Wildman–Crippen LogP) is 3.62. The number of nitrogens with one attached hydrogen (secondary N) is 1. The van der Waals surface area contributed by atoms with Crippen molar-refractivity contribution in [3.63, 3.8) is 0 Å². The Balaban J connectivity index is 2.14. The minimum atomic E-state index is -4.43. The Morgan fingerprint density at radius 1 is 1.35 bits per heavy atom. The van der Waals surface area contributed by atoms with E-state index in [0.29, 0.717) is 24.8 Å². The number of carbonyl (C=O) groups excluding carboxylic acids is 1. The molecule has 0 radical (unpaired) electrons. The first kappa shape index (κ1) is 17.8. The van der Waals surface area contributed by atoms with Crippen LogP contribution in [0.1, 0.15) is 56.1 Å². The predicted molar refractivity (Wildman–Crippen MR) is 80.9 cm³/mol. The number of aliphatic hydroxyl groups excluding tert-OH is 1. The summed E-state index contributed by atoms with van der Waals surface area (Å²) in [7, 11) is 0. The molecule has 0 heterocycles. The second kappa shape index (κ2) is 7.34. The molecule has 1 aromatic carbocycles. The average molecular weight is 329 g/mol. The monoisotopic (exact) mass is 329 g/mol. The van der Waals surface area contributed by atoms with Gasteiger partial charge in [-0.2, -0.15) is 13.2 Å². The second-order valence-corrected chi connectivity index (χ2v) is 6.05. The Labute approximate surface area is 133 Å². The number of benzene rings is 1. The van der Waals surface area contributed by atoms with Crippen LogP contribution in [0.3, 0.4) is 0 Å². The van der Waals surface area contributed by atoms with Gasteiger partial charge in [0.1, 0.15) is 0 Å². The lowest BCUT2D eigenvalue weighted by molar-refractivity contribution is -0.137. The Kier molecular flexibility index (Phi) is 5.68. The van der Waals surface area contributed by atoms with Gasteiger partial charge in [-0.05, 0) is 30.9 Å². The molecule has 3 nitrogen and oxygen atoms in total. The lowest BCUT2D eigenvalue weighted by atomic mass is 9.90. The first-order chi connectivity index (χ1) is 10.8. The molecule has 1 aliphatic rings. The molecule has 128 valence electrons. The van der Waals surface area contributed by atoms with Crippen LogP contribution in [0.25, 0.3) is 0 Å². The SMILES string of the molecule is CCC(C(=O)NC1CCCCC1O)c1cccc(C(F)(F)F)c1. The second-order valence-electron chi connectivity index (χ2n) is 6.05. The van der Waals surface area contributed by atoms with Gasteiger partial charge in [0.15, 0.2) is 0 Å². The van der Waals surface area contributed by atoms with Crippen LogP contribution in [0.5, 0.6) is 0 Å². The van der Waals surface area contributed by atoms with Gasteiger partial charge < -0.3 is 10.4 Å². The van der Waals surface area contributed by atoms with Crippen LogP contribution in [0, 0.1) is 0 Å². The highest BCUT2D eigenvalue weighted by atomic mass is 19.4. The summed E-state index contributed by atoms with van der Waals surface area (Å²) in [6, 6.07) is 4.59. The van der Waals surface area contributed by atoms with Crippen molar-refractivity contribution in [3.8, 4) is 0 Å². The molecule has 2 N–H and O–H groups in total.